The summed E-state index contributed by atoms with van der Waals surface area (Å²) >= 11 is 0. The van der Waals surface area contributed by atoms with Gasteiger partial charge in [0.05, 0.1) is 12.1 Å². The Bertz CT molecular complexity index is 146. The molecule has 0 fully saturated rings. The van der Waals surface area contributed by atoms with Crippen molar-refractivity contribution in [2.75, 3.05) is 20.3 Å². The van der Waals surface area contributed by atoms with E-state index in [0.29, 0.717) is 19.6 Å². The fraction of sp³-hybridized carbons (Fsp3) is 0.875. The molecule has 12 heavy (non-hydrogen) atoms. The molecule has 0 aromatic carbocycles. The molecule has 1 atom stereocenters. The molecule has 72 valence electrons. The molecule has 0 aliphatic rings. The van der Waals surface area contributed by atoms with Gasteiger partial charge in [-0.25, -0.2) is 0 Å². The second-order valence-corrected chi connectivity index (χ2v) is 3.02. The number of methoxy groups -OCH3 is 1. The highest BCUT2D eigenvalue weighted by Gasteiger charge is 2.24. The first kappa shape index (κ1) is 11.4. The first-order valence-electron chi connectivity index (χ1n) is 4.10. The van der Waals surface area contributed by atoms with Crippen LogP contribution in [-0.2, 0) is 9.53 Å². The topological polar surface area (TPSA) is 64.4 Å². The summed E-state index contributed by atoms with van der Waals surface area (Å²) in [5, 5.41) is 2.69. The van der Waals surface area contributed by atoms with Gasteiger partial charge in [0.25, 0.3) is 0 Å². The molecule has 0 saturated carbocycles. The molecule has 1 unspecified atom stereocenters. The monoisotopic (exact) mass is 174 g/mol. The Morgan fingerprint density at radius 1 is 1.67 bits per heavy atom. The summed E-state index contributed by atoms with van der Waals surface area (Å²) < 4.78 is 4.78. The van der Waals surface area contributed by atoms with Crippen LogP contribution in [0, 0.1) is 0 Å². The number of rotatable bonds is 5. The van der Waals surface area contributed by atoms with E-state index < -0.39 is 5.54 Å². The molecule has 0 aliphatic heterocycles. The van der Waals surface area contributed by atoms with Crippen LogP contribution in [0.3, 0.4) is 0 Å². The van der Waals surface area contributed by atoms with Gasteiger partial charge in [0, 0.05) is 13.7 Å². The van der Waals surface area contributed by atoms with Gasteiger partial charge in [0.2, 0.25) is 5.91 Å². The minimum Gasteiger partial charge on any atom is -0.383 e. The van der Waals surface area contributed by atoms with E-state index in [9.17, 15) is 4.79 Å². The van der Waals surface area contributed by atoms with Crippen molar-refractivity contribution in [1.29, 1.82) is 0 Å². The van der Waals surface area contributed by atoms with Crippen molar-refractivity contribution in [1.82, 2.24) is 5.32 Å². The van der Waals surface area contributed by atoms with Crippen LogP contribution in [0.25, 0.3) is 0 Å². The molecule has 0 radical (unpaired) electrons. The van der Waals surface area contributed by atoms with Gasteiger partial charge in [-0.3, -0.25) is 4.79 Å². The molecule has 0 aromatic heterocycles. The van der Waals surface area contributed by atoms with E-state index in [1.807, 2.05) is 6.92 Å². The number of nitrogens with two attached hydrogens (primary N) is 1. The molecule has 1 amide bonds. The molecular formula is C8H18N2O2. The molecule has 0 heterocycles. The fourth-order valence-electron chi connectivity index (χ4n) is 0.629. The Kier molecular flexibility index (Phi) is 4.85. The summed E-state index contributed by atoms with van der Waals surface area (Å²) in [4.78, 5) is 11.3. The van der Waals surface area contributed by atoms with Crippen LogP contribution in [0.15, 0.2) is 0 Å². The van der Waals surface area contributed by atoms with E-state index in [1.165, 1.54) is 0 Å². The smallest absolute Gasteiger partial charge is 0.239 e. The Hall–Kier alpha value is -0.610. The lowest BCUT2D eigenvalue weighted by Crippen LogP contribution is -2.51. The average molecular weight is 174 g/mol. The van der Waals surface area contributed by atoms with Gasteiger partial charge >= 0.3 is 0 Å². The maximum atomic E-state index is 11.3. The highest BCUT2D eigenvalue weighted by atomic mass is 16.5. The van der Waals surface area contributed by atoms with Gasteiger partial charge in [0.1, 0.15) is 0 Å². The molecule has 4 heteroatoms. The summed E-state index contributed by atoms with van der Waals surface area (Å²) in [6, 6.07) is 0. The average Bonchev–Trinajstić information content (AvgIpc) is 2.05. The molecule has 0 bridgehead atoms. The highest BCUT2D eigenvalue weighted by molar-refractivity contribution is 5.85. The number of carbonyl (C=O) groups excluding carboxylic acids is 1. The summed E-state index contributed by atoms with van der Waals surface area (Å²) in [6.07, 6.45) is 0.631. The largest absolute Gasteiger partial charge is 0.383 e. The van der Waals surface area contributed by atoms with Crippen molar-refractivity contribution in [2.24, 2.45) is 5.73 Å². The Morgan fingerprint density at radius 2 is 2.25 bits per heavy atom. The van der Waals surface area contributed by atoms with Crippen molar-refractivity contribution >= 4 is 5.91 Å². The molecule has 4 nitrogen and oxygen atoms in total. The number of hydrogen-bond donors (Lipinski definition) is 2. The third-order valence-electron chi connectivity index (χ3n) is 1.84. The minimum absolute atomic E-state index is 0.123. The third-order valence-corrected chi connectivity index (χ3v) is 1.84. The van der Waals surface area contributed by atoms with E-state index in [1.54, 1.807) is 14.0 Å². The summed E-state index contributed by atoms with van der Waals surface area (Å²) in [7, 11) is 1.59. The molecule has 0 rings (SSSR count). The molecular weight excluding hydrogens is 156 g/mol. The first-order chi connectivity index (χ1) is 5.54. The number of nitrogens with one attached hydrogen (secondary N) is 1. The lowest BCUT2D eigenvalue weighted by atomic mass is 10.00. The number of ether oxygens (including phenoxy) is 1. The maximum absolute atomic E-state index is 11.3. The van der Waals surface area contributed by atoms with E-state index >= 15 is 0 Å². The molecule has 0 aliphatic carbocycles. The van der Waals surface area contributed by atoms with Crippen molar-refractivity contribution in [3.63, 3.8) is 0 Å². The van der Waals surface area contributed by atoms with Crippen LogP contribution in [0.2, 0.25) is 0 Å². The van der Waals surface area contributed by atoms with Gasteiger partial charge in [0.15, 0.2) is 0 Å². The van der Waals surface area contributed by atoms with Gasteiger partial charge < -0.3 is 15.8 Å². The van der Waals surface area contributed by atoms with Crippen LogP contribution in [0.5, 0.6) is 0 Å². The van der Waals surface area contributed by atoms with Crippen LogP contribution in [0.1, 0.15) is 20.3 Å². The van der Waals surface area contributed by atoms with Gasteiger partial charge in [-0.05, 0) is 13.3 Å². The van der Waals surface area contributed by atoms with Crippen LogP contribution in [0.4, 0.5) is 0 Å². The lowest BCUT2D eigenvalue weighted by Gasteiger charge is -2.21. The lowest BCUT2D eigenvalue weighted by molar-refractivity contribution is -0.126. The zero-order valence-electron chi connectivity index (χ0n) is 8.02. The standard InChI is InChI=1S/C8H18N2O2/c1-4-8(2,9)7(11)10-5-6-12-3/h4-6,9H2,1-3H3,(H,10,11). The van der Waals surface area contributed by atoms with E-state index in [-0.39, 0.29) is 5.91 Å². The number of hydrogen-bond acceptors (Lipinski definition) is 3. The van der Waals surface area contributed by atoms with E-state index in [2.05, 4.69) is 5.32 Å². The predicted octanol–water partition coefficient (Wildman–Crippen LogP) is -0.124. The SMILES string of the molecule is CCC(C)(N)C(=O)NCCOC. The molecule has 0 spiro atoms. The van der Waals surface area contributed by atoms with E-state index in [4.69, 9.17) is 10.5 Å². The Labute approximate surface area is 73.5 Å². The third kappa shape index (κ3) is 3.69. The van der Waals surface area contributed by atoms with Crippen LogP contribution < -0.4 is 11.1 Å². The van der Waals surface area contributed by atoms with Crippen molar-refractivity contribution in [3.8, 4) is 0 Å². The van der Waals surface area contributed by atoms with Gasteiger partial charge in [-0.1, -0.05) is 6.92 Å². The summed E-state index contributed by atoms with van der Waals surface area (Å²) in [5.41, 5.74) is 4.93. The highest BCUT2D eigenvalue weighted by Crippen LogP contribution is 2.03. The second kappa shape index (κ2) is 5.11. The predicted molar refractivity (Wildman–Crippen MR) is 47.8 cm³/mol. The first-order valence-corrected chi connectivity index (χ1v) is 4.10. The van der Waals surface area contributed by atoms with E-state index in [0.717, 1.165) is 0 Å². The minimum atomic E-state index is -0.756. The zero-order valence-corrected chi connectivity index (χ0v) is 8.02. The Morgan fingerprint density at radius 3 is 2.67 bits per heavy atom. The number of carbonyl (C=O) groups is 1. The fourth-order valence-corrected chi connectivity index (χ4v) is 0.629. The summed E-state index contributed by atoms with van der Waals surface area (Å²) in [5.74, 6) is -0.123. The molecule has 3 N–H and O–H groups in total. The second-order valence-electron chi connectivity index (χ2n) is 3.02. The van der Waals surface area contributed by atoms with Crippen molar-refractivity contribution < 1.29 is 9.53 Å². The van der Waals surface area contributed by atoms with Crippen molar-refractivity contribution in [3.05, 3.63) is 0 Å². The van der Waals surface area contributed by atoms with Crippen LogP contribution in [-0.4, -0.2) is 31.7 Å². The maximum Gasteiger partial charge on any atom is 0.239 e. The number of amides is 1. The molecule has 0 saturated heterocycles. The quantitative estimate of drug-likeness (QED) is 0.571. The van der Waals surface area contributed by atoms with Crippen molar-refractivity contribution in [2.45, 2.75) is 25.8 Å². The van der Waals surface area contributed by atoms with Crippen LogP contribution >= 0.6 is 0 Å². The summed E-state index contributed by atoms with van der Waals surface area (Å²) in [6.45, 7) is 4.64. The van der Waals surface area contributed by atoms with Gasteiger partial charge in [-0.15, -0.1) is 0 Å². The zero-order chi connectivity index (χ0) is 9.61. The Balaban J connectivity index is 3.72. The molecule has 0 aromatic rings. The normalized spacial score (nSPS) is 15.3. The van der Waals surface area contributed by atoms with Gasteiger partial charge in [-0.2, -0.15) is 0 Å².